The molecule has 130 valence electrons. The van der Waals surface area contributed by atoms with Gasteiger partial charge in [-0.2, -0.15) is 0 Å². The molecule has 3 rings (SSSR count). The molecule has 1 aliphatic heterocycles. The third-order valence-electron chi connectivity index (χ3n) is 4.67. The van der Waals surface area contributed by atoms with Gasteiger partial charge in [0.25, 0.3) is 5.91 Å². The summed E-state index contributed by atoms with van der Waals surface area (Å²) in [5.74, 6) is -1.78. The molecular weight excluding hydrogens is 316 g/mol. The van der Waals surface area contributed by atoms with E-state index in [2.05, 4.69) is 5.32 Å². The highest BCUT2D eigenvalue weighted by Crippen LogP contribution is 2.42. The normalized spacial score (nSPS) is 19.6. The fraction of sp³-hybridized carbons (Fsp3) is 0.300. The largest absolute Gasteiger partial charge is 0.481 e. The van der Waals surface area contributed by atoms with Gasteiger partial charge in [-0.1, -0.05) is 48.5 Å². The van der Waals surface area contributed by atoms with Gasteiger partial charge >= 0.3 is 5.97 Å². The van der Waals surface area contributed by atoms with E-state index in [0.29, 0.717) is 17.7 Å². The summed E-state index contributed by atoms with van der Waals surface area (Å²) in [6.45, 7) is 1.28. The number of carboxylic acids is 1. The Labute approximate surface area is 147 Å². The number of aliphatic carboxylic acids is 1. The maximum absolute atomic E-state index is 13.1. The Hall–Kier alpha value is -2.66. The van der Waals surface area contributed by atoms with Crippen LogP contribution >= 0.6 is 0 Å². The van der Waals surface area contributed by atoms with Crippen molar-refractivity contribution in [2.24, 2.45) is 0 Å². The number of carbonyl (C=O) groups excluding carboxylic acids is 1. The molecule has 0 fully saturated rings. The van der Waals surface area contributed by atoms with Crippen LogP contribution in [-0.4, -0.2) is 42.0 Å². The first-order valence-corrected chi connectivity index (χ1v) is 8.47. The SMILES string of the molecule is CNCCCN1C(=O)c2ccccc2[C@H](C(=O)O)[C@H]1c1ccccc1. The molecule has 0 aromatic heterocycles. The van der Waals surface area contributed by atoms with Gasteiger partial charge in [0.15, 0.2) is 0 Å². The van der Waals surface area contributed by atoms with Gasteiger partial charge in [0.1, 0.15) is 5.92 Å². The lowest BCUT2D eigenvalue weighted by Crippen LogP contribution is -2.45. The van der Waals surface area contributed by atoms with Crippen molar-refractivity contribution in [2.45, 2.75) is 18.4 Å². The number of fused-ring (bicyclic) bond motifs is 1. The summed E-state index contributed by atoms with van der Waals surface area (Å²) < 4.78 is 0. The number of rotatable bonds is 6. The van der Waals surface area contributed by atoms with Crippen molar-refractivity contribution in [2.75, 3.05) is 20.1 Å². The Kier molecular flexibility index (Phi) is 5.14. The average Bonchev–Trinajstić information content (AvgIpc) is 2.64. The van der Waals surface area contributed by atoms with Gasteiger partial charge in [-0.15, -0.1) is 0 Å². The van der Waals surface area contributed by atoms with E-state index in [1.54, 1.807) is 29.2 Å². The highest BCUT2D eigenvalue weighted by atomic mass is 16.4. The van der Waals surface area contributed by atoms with Gasteiger partial charge in [0.05, 0.1) is 6.04 Å². The maximum atomic E-state index is 13.1. The monoisotopic (exact) mass is 338 g/mol. The summed E-state index contributed by atoms with van der Waals surface area (Å²) in [5.41, 5.74) is 1.94. The van der Waals surface area contributed by atoms with Crippen LogP contribution in [-0.2, 0) is 4.79 Å². The average molecular weight is 338 g/mol. The van der Waals surface area contributed by atoms with E-state index in [9.17, 15) is 14.7 Å². The molecule has 0 spiro atoms. The lowest BCUT2D eigenvalue weighted by Gasteiger charge is -2.41. The predicted molar refractivity (Wildman–Crippen MR) is 95.6 cm³/mol. The highest BCUT2D eigenvalue weighted by molar-refractivity contribution is 6.00. The summed E-state index contributed by atoms with van der Waals surface area (Å²) in [6, 6.07) is 16.0. The fourth-order valence-corrected chi connectivity index (χ4v) is 3.55. The van der Waals surface area contributed by atoms with Crippen molar-refractivity contribution in [1.29, 1.82) is 0 Å². The van der Waals surface area contributed by atoms with E-state index in [0.717, 1.165) is 18.5 Å². The standard InChI is InChI=1S/C20H22N2O3/c1-21-12-7-13-22-18(14-8-3-2-4-9-14)17(20(24)25)15-10-5-6-11-16(15)19(22)23/h2-6,8-11,17-18,21H,7,12-13H2,1H3,(H,24,25)/t17-,18+/m0/s1. The minimum atomic E-state index is -0.910. The Morgan fingerprint density at radius 3 is 2.48 bits per heavy atom. The number of nitrogens with one attached hydrogen (secondary N) is 1. The lowest BCUT2D eigenvalue weighted by atomic mass is 9.79. The second-order valence-electron chi connectivity index (χ2n) is 6.21. The first-order chi connectivity index (χ1) is 12.1. The molecular formula is C20H22N2O3. The number of benzene rings is 2. The highest BCUT2D eigenvalue weighted by Gasteiger charge is 2.43. The van der Waals surface area contributed by atoms with E-state index in [1.165, 1.54) is 0 Å². The molecule has 0 saturated heterocycles. The van der Waals surface area contributed by atoms with Gasteiger partial charge in [-0.05, 0) is 37.2 Å². The zero-order valence-corrected chi connectivity index (χ0v) is 14.2. The molecule has 0 radical (unpaired) electrons. The third kappa shape index (κ3) is 3.28. The molecule has 5 nitrogen and oxygen atoms in total. The quantitative estimate of drug-likeness (QED) is 0.795. The zero-order valence-electron chi connectivity index (χ0n) is 14.2. The van der Waals surface area contributed by atoms with Crippen LogP contribution < -0.4 is 5.32 Å². The number of amides is 1. The predicted octanol–water partition coefficient (Wildman–Crippen LogP) is 2.66. The summed E-state index contributed by atoms with van der Waals surface area (Å²) in [4.78, 5) is 26.9. The summed E-state index contributed by atoms with van der Waals surface area (Å²) >= 11 is 0. The molecule has 1 aliphatic rings. The van der Waals surface area contributed by atoms with Crippen molar-refractivity contribution in [3.8, 4) is 0 Å². The number of hydrogen-bond acceptors (Lipinski definition) is 3. The lowest BCUT2D eigenvalue weighted by molar-refractivity contribution is -0.140. The molecule has 0 aliphatic carbocycles. The number of carboxylic acid groups (broad SMARTS) is 1. The third-order valence-corrected chi connectivity index (χ3v) is 4.67. The molecule has 0 bridgehead atoms. The maximum Gasteiger partial charge on any atom is 0.313 e. The van der Waals surface area contributed by atoms with Crippen molar-refractivity contribution in [1.82, 2.24) is 10.2 Å². The van der Waals surface area contributed by atoms with Crippen LogP contribution in [0.1, 0.15) is 39.9 Å². The molecule has 0 unspecified atom stereocenters. The summed E-state index contributed by atoms with van der Waals surface area (Å²) in [7, 11) is 1.86. The van der Waals surface area contributed by atoms with Crippen LogP contribution in [0.3, 0.4) is 0 Å². The van der Waals surface area contributed by atoms with Gasteiger partial charge in [0.2, 0.25) is 0 Å². The van der Waals surface area contributed by atoms with Crippen LogP contribution in [0.25, 0.3) is 0 Å². The smallest absolute Gasteiger partial charge is 0.313 e. The van der Waals surface area contributed by atoms with Crippen LogP contribution in [0.4, 0.5) is 0 Å². The minimum Gasteiger partial charge on any atom is -0.481 e. The van der Waals surface area contributed by atoms with Gasteiger partial charge in [-0.3, -0.25) is 9.59 Å². The first-order valence-electron chi connectivity index (χ1n) is 8.47. The van der Waals surface area contributed by atoms with Gasteiger partial charge < -0.3 is 15.3 Å². The summed E-state index contributed by atoms with van der Waals surface area (Å²) in [5, 5.41) is 13.0. The summed E-state index contributed by atoms with van der Waals surface area (Å²) in [6.07, 6.45) is 0.764. The zero-order chi connectivity index (χ0) is 17.8. The first kappa shape index (κ1) is 17.2. The van der Waals surface area contributed by atoms with Gasteiger partial charge in [0, 0.05) is 12.1 Å². The molecule has 2 aromatic rings. The van der Waals surface area contributed by atoms with Crippen molar-refractivity contribution in [3.63, 3.8) is 0 Å². The number of nitrogens with zero attached hydrogens (tertiary/aromatic N) is 1. The minimum absolute atomic E-state index is 0.0990. The Morgan fingerprint density at radius 2 is 1.80 bits per heavy atom. The van der Waals surface area contributed by atoms with E-state index < -0.39 is 17.9 Å². The van der Waals surface area contributed by atoms with Gasteiger partial charge in [-0.25, -0.2) is 0 Å². The second-order valence-corrected chi connectivity index (χ2v) is 6.21. The Morgan fingerprint density at radius 1 is 1.12 bits per heavy atom. The van der Waals surface area contributed by atoms with E-state index in [-0.39, 0.29) is 5.91 Å². The molecule has 1 amide bonds. The van der Waals surface area contributed by atoms with Crippen molar-refractivity contribution in [3.05, 3.63) is 71.3 Å². The number of hydrogen-bond donors (Lipinski definition) is 2. The number of carbonyl (C=O) groups is 2. The molecule has 25 heavy (non-hydrogen) atoms. The molecule has 1 heterocycles. The van der Waals surface area contributed by atoms with Crippen LogP contribution in [0.15, 0.2) is 54.6 Å². The van der Waals surface area contributed by atoms with Crippen molar-refractivity contribution >= 4 is 11.9 Å². The van der Waals surface area contributed by atoms with E-state index in [4.69, 9.17) is 0 Å². The second kappa shape index (κ2) is 7.49. The van der Waals surface area contributed by atoms with E-state index in [1.807, 2.05) is 37.4 Å². The van der Waals surface area contributed by atoms with Crippen LogP contribution in [0, 0.1) is 0 Å². The molecule has 2 N–H and O–H groups in total. The van der Waals surface area contributed by atoms with E-state index >= 15 is 0 Å². The Balaban J connectivity index is 2.11. The van der Waals surface area contributed by atoms with Crippen LogP contribution in [0.2, 0.25) is 0 Å². The Bertz CT molecular complexity index is 761. The van der Waals surface area contributed by atoms with Crippen molar-refractivity contribution < 1.29 is 14.7 Å². The topological polar surface area (TPSA) is 69.6 Å². The molecule has 2 aromatic carbocycles. The molecule has 0 saturated carbocycles. The van der Waals surface area contributed by atoms with Crippen LogP contribution in [0.5, 0.6) is 0 Å². The fourth-order valence-electron chi connectivity index (χ4n) is 3.55. The molecule has 2 atom stereocenters. The molecule has 5 heteroatoms.